The number of rotatable bonds is 3. The molecule has 0 radical (unpaired) electrons. The lowest BCUT2D eigenvalue weighted by Gasteiger charge is -2.31. The molecule has 1 aromatic rings. The molecule has 0 spiro atoms. The van der Waals surface area contributed by atoms with Crippen LogP contribution in [0.1, 0.15) is 33.6 Å². The molecular formula is C17H26N2O3. The van der Waals surface area contributed by atoms with Crippen molar-refractivity contribution in [3.63, 3.8) is 0 Å². The summed E-state index contributed by atoms with van der Waals surface area (Å²) >= 11 is 0. The number of carbonyl (C=O) groups is 1. The Labute approximate surface area is 132 Å². The first kappa shape index (κ1) is 16.6. The van der Waals surface area contributed by atoms with E-state index in [2.05, 4.69) is 5.32 Å². The molecule has 0 saturated carbocycles. The minimum atomic E-state index is -0.238. The van der Waals surface area contributed by atoms with Crippen molar-refractivity contribution in [3.05, 3.63) is 24.3 Å². The number of aliphatic hydroxyl groups is 1. The number of nitrogens with one attached hydrogen (secondary N) is 1. The van der Waals surface area contributed by atoms with Gasteiger partial charge in [0.05, 0.1) is 0 Å². The Bertz CT molecular complexity index is 494. The summed E-state index contributed by atoms with van der Waals surface area (Å²) in [6.45, 7) is 7.49. The molecule has 2 amide bonds. The smallest absolute Gasteiger partial charge is 0.321 e. The van der Waals surface area contributed by atoms with Crippen LogP contribution >= 0.6 is 0 Å². The number of aliphatic hydroxyl groups excluding tert-OH is 1. The number of amides is 2. The summed E-state index contributed by atoms with van der Waals surface area (Å²) in [7, 11) is 0. The zero-order valence-corrected chi connectivity index (χ0v) is 13.6. The standard InChI is InChI=1S/C17H26N2O3/c1-17(2,3)22-15-8-6-14(7-9-15)18-16(21)19-10-4-5-13(11-19)12-20/h6-9,13,20H,4-5,10-12H2,1-3H3,(H,18,21)/t13-/m1/s1. The van der Waals surface area contributed by atoms with E-state index in [0.29, 0.717) is 6.54 Å². The second-order valence-corrected chi connectivity index (χ2v) is 6.81. The highest BCUT2D eigenvalue weighted by molar-refractivity contribution is 5.89. The Morgan fingerprint density at radius 2 is 2.05 bits per heavy atom. The third kappa shape index (κ3) is 4.91. The first-order chi connectivity index (χ1) is 10.4. The first-order valence-corrected chi connectivity index (χ1v) is 7.83. The highest BCUT2D eigenvalue weighted by atomic mass is 16.5. The van der Waals surface area contributed by atoms with E-state index in [1.165, 1.54) is 0 Å². The van der Waals surface area contributed by atoms with Gasteiger partial charge in [-0.1, -0.05) is 0 Å². The number of hydrogen-bond acceptors (Lipinski definition) is 3. The lowest BCUT2D eigenvalue weighted by Crippen LogP contribution is -2.43. The average molecular weight is 306 g/mol. The Balaban J connectivity index is 1.91. The monoisotopic (exact) mass is 306 g/mol. The summed E-state index contributed by atoms with van der Waals surface area (Å²) in [5.74, 6) is 0.978. The van der Waals surface area contributed by atoms with Crippen molar-refractivity contribution in [2.24, 2.45) is 5.92 Å². The number of ether oxygens (including phenoxy) is 1. The van der Waals surface area contributed by atoms with Gasteiger partial charge < -0.3 is 20.1 Å². The predicted molar refractivity (Wildman–Crippen MR) is 87.2 cm³/mol. The molecule has 122 valence electrons. The van der Waals surface area contributed by atoms with E-state index >= 15 is 0 Å². The summed E-state index contributed by atoms with van der Waals surface area (Å²) in [5.41, 5.74) is 0.509. The van der Waals surface area contributed by atoms with E-state index < -0.39 is 0 Å². The second kappa shape index (κ2) is 7.01. The summed E-state index contributed by atoms with van der Waals surface area (Å²) < 4.78 is 5.76. The average Bonchev–Trinajstić information content (AvgIpc) is 2.48. The molecule has 0 bridgehead atoms. The van der Waals surface area contributed by atoms with E-state index in [1.54, 1.807) is 4.90 Å². The highest BCUT2D eigenvalue weighted by Crippen LogP contribution is 2.21. The molecule has 2 N–H and O–H groups in total. The lowest BCUT2D eigenvalue weighted by molar-refractivity contribution is 0.131. The van der Waals surface area contributed by atoms with Crippen LogP contribution in [-0.4, -0.2) is 41.3 Å². The maximum atomic E-state index is 12.2. The number of urea groups is 1. The third-order valence-electron chi connectivity index (χ3n) is 3.59. The topological polar surface area (TPSA) is 61.8 Å². The molecule has 2 rings (SSSR count). The van der Waals surface area contributed by atoms with Crippen LogP contribution in [0.15, 0.2) is 24.3 Å². The normalized spacial score (nSPS) is 18.9. The van der Waals surface area contributed by atoms with Crippen LogP contribution in [0.4, 0.5) is 10.5 Å². The van der Waals surface area contributed by atoms with E-state index in [0.717, 1.165) is 30.8 Å². The van der Waals surface area contributed by atoms with Gasteiger partial charge in [0.2, 0.25) is 0 Å². The summed E-state index contributed by atoms with van der Waals surface area (Å²) in [4.78, 5) is 14.0. The maximum Gasteiger partial charge on any atom is 0.321 e. The zero-order valence-electron chi connectivity index (χ0n) is 13.6. The van der Waals surface area contributed by atoms with Gasteiger partial charge in [-0.15, -0.1) is 0 Å². The largest absolute Gasteiger partial charge is 0.488 e. The summed E-state index contributed by atoms with van der Waals surface area (Å²) in [6.07, 6.45) is 1.93. The molecule has 1 atom stereocenters. The van der Waals surface area contributed by atoms with Gasteiger partial charge in [0.15, 0.2) is 0 Å². The van der Waals surface area contributed by atoms with Crippen LogP contribution in [0.25, 0.3) is 0 Å². The minimum absolute atomic E-state index is 0.109. The van der Waals surface area contributed by atoms with E-state index in [-0.39, 0.29) is 24.2 Å². The maximum absolute atomic E-state index is 12.2. The summed E-state index contributed by atoms with van der Waals surface area (Å²) in [5, 5.41) is 12.1. The van der Waals surface area contributed by atoms with Crippen LogP contribution in [0.5, 0.6) is 5.75 Å². The van der Waals surface area contributed by atoms with Gasteiger partial charge in [0.25, 0.3) is 0 Å². The number of carbonyl (C=O) groups excluding carboxylic acids is 1. The number of hydrogen-bond donors (Lipinski definition) is 2. The Morgan fingerprint density at radius 1 is 1.36 bits per heavy atom. The Hall–Kier alpha value is -1.75. The predicted octanol–water partition coefficient (Wildman–Crippen LogP) is 3.10. The number of likely N-dealkylation sites (tertiary alicyclic amines) is 1. The van der Waals surface area contributed by atoms with E-state index in [4.69, 9.17) is 4.74 Å². The van der Waals surface area contributed by atoms with E-state index in [1.807, 2.05) is 45.0 Å². The quantitative estimate of drug-likeness (QED) is 0.902. The van der Waals surface area contributed by atoms with Gasteiger partial charge in [0.1, 0.15) is 11.4 Å². The van der Waals surface area contributed by atoms with Crippen molar-refractivity contribution in [1.29, 1.82) is 0 Å². The molecule has 1 fully saturated rings. The van der Waals surface area contributed by atoms with Gasteiger partial charge in [0, 0.05) is 25.4 Å². The van der Waals surface area contributed by atoms with Crippen molar-refractivity contribution in [2.75, 3.05) is 25.0 Å². The molecule has 0 aromatic heterocycles. The fourth-order valence-corrected chi connectivity index (χ4v) is 2.56. The molecular weight excluding hydrogens is 280 g/mol. The van der Waals surface area contributed by atoms with Crippen molar-refractivity contribution in [1.82, 2.24) is 4.90 Å². The fourth-order valence-electron chi connectivity index (χ4n) is 2.56. The van der Waals surface area contributed by atoms with Gasteiger partial charge >= 0.3 is 6.03 Å². The number of piperidine rings is 1. The molecule has 1 saturated heterocycles. The van der Waals surface area contributed by atoms with Crippen LogP contribution < -0.4 is 10.1 Å². The van der Waals surface area contributed by atoms with Crippen LogP contribution in [0.2, 0.25) is 0 Å². The second-order valence-electron chi connectivity index (χ2n) is 6.81. The van der Waals surface area contributed by atoms with Crippen LogP contribution in [-0.2, 0) is 0 Å². The molecule has 0 unspecified atom stereocenters. The molecule has 5 nitrogen and oxygen atoms in total. The Kier molecular flexibility index (Phi) is 5.29. The van der Waals surface area contributed by atoms with Crippen molar-refractivity contribution >= 4 is 11.7 Å². The molecule has 1 aliphatic heterocycles. The summed E-state index contributed by atoms with van der Waals surface area (Å²) in [6, 6.07) is 7.28. The molecule has 5 heteroatoms. The van der Waals surface area contributed by atoms with E-state index in [9.17, 15) is 9.90 Å². The molecule has 1 heterocycles. The molecule has 22 heavy (non-hydrogen) atoms. The van der Waals surface area contributed by atoms with Gasteiger partial charge in [-0.3, -0.25) is 0 Å². The third-order valence-corrected chi connectivity index (χ3v) is 3.59. The molecule has 0 aliphatic carbocycles. The highest BCUT2D eigenvalue weighted by Gasteiger charge is 2.23. The van der Waals surface area contributed by atoms with Gasteiger partial charge in [-0.25, -0.2) is 4.79 Å². The number of nitrogens with zero attached hydrogens (tertiary/aromatic N) is 1. The zero-order chi connectivity index (χ0) is 16.2. The van der Waals surface area contributed by atoms with Crippen molar-refractivity contribution in [3.8, 4) is 5.75 Å². The minimum Gasteiger partial charge on any atom is -0.488 e. The fraction of sp³-hybridized carbons (Fsp3) is 0.588. The number of anilines is 1. The van der Waals surface area contributed by atoms with Crippen molar-refractivity contribution < 1.29 is 14.6 Å². The van der Waals surface area contributed by atoms with Gasteiger partial charge in [-0.2, -0.15) is 0 Å². The molecule has 1 aromatic carbocycles. The first-order valence-electron chi connectivity index (χ1n) is 7.83. The number of benzene rings is 1. The van der Waals surface area contributed by atoms with Gasteiger partial charge in [-0.05, 0) is 63.8 Å². The lowest BCUT2D eigenvalue weighted by atomic mass is 9.99. The van der Waals surface area contributed by atoms with Crippen LogP contribution in [0, 0.1) is 5.92 Å². The molecule has 1 aliphatic rings. The van der Waals surface area contributed by atoms with Crippen LogP contribution in [0.3, 0.4) is 0 Å². The SMILES string of the molecule is CC(C)(C)Oc1ccc(NC(=O)N2CCC[C@@H](CO)C2)cc1. The van der Waals surface area contributed by atoms with Crippen molar-refractivity contribution in [2.45, 2.75) is 39.2 Å². The Morgan fingerprint density at radius 3 is 2.64 bits per heavy atom.